The number of amides is 1. The van der Waals surface area contributed by atoms with Gasteiger partial charge in [-0.05, 0) is 24.1 Å². The molecule has 1 unspecified atom stereocenters. The van der Waals surface area contributed by atoms with E-state index in [1.807, 2.05) is 0 Å². The van der Waals surface area contributed by atoms with Crippen molar-refractivity contribution in [1.82, 2.24) is 5.32 Å². The molecule has 0 aliphatic rings. The van der Waals surface area contributed by atoms with Gasteiger partial charge in [0, 0.05) is 11.4 Å². The van der Waals surface area contributed by atoms with Gasteiger partial charge in [0.2, 0.25) is 0 Å². The topological polar surface area (TPSA) is 49.3 Å². The van der Waals surface area contributed by atoms with Gasteiger partial charge in [0.05, 0.1) is 10.6 Å². The predicted molar refractivity (Wildman–Crippen MR) is 82.2 cm³/mol. The fourth-order valence-electron chi connectivity index (χ4n) is 1.94. The lowest BCUT2D eigenvalue weighted by Gasteiger charge is -2.20. The number of carbonyl (C=O) groups excluding carboxylic acids is 1. The predicted octanol–water partition coefficient (Wildman–Crippen LogP) is 3.98. The van der Waals surface area contributed by atoms with E-state index >= 15 is 0 Å². The number of phenols is 1. The molecule has 0 aliphatic carbocycles. The number of phenolic OH excluding ortho intramolecular Hbond substituents is 1. The quantitative estimate of drug-likeness (QED) is 0.764. The monoisotopic (exact) mass is 347 g/mol. The van der Waals surface area contributed by atoms with Crippen LogP contribution >= 0.6 is 27.5 Å². The van der Waals surface area contributed by atoms with Crippen molar-refractivity contribution in [2.24, 2.45) is 5.92 Å². The summed E-state index contributed by atoms with van der Waals surface area (Å²) in [5, 5.41) is 12.6. The Balaban J connectivity index is 2.63. The zero-order valence-corrected chi connectivity index (χ0v) is 13.5. The summed E-state index contributed by atoms with van der Waals surface area (Å²) < 4.78 is 0. The highest BCUT2D eigenvalue weighted by atomic mass is 79.9. The molecule has 2 N–H and O–H groups in total. The lowest BCUT2D eigenvalue weighted by atomic mass is 9.99. The molecule has 1 aromatic carbocycles. The van der Waals surface area contributed by atoms with E-state index in [2.05, 4.69) is 35.1 Å². The molecule has 1 atom stereocenters. The minimum absolute atomic E-state index is 0.0323. The van der Waals surface area contributed by atoms with E-state index in [4.69, 9.17) is 11.6 Å². The summed E-state index contributed by atoms with van der Waals surface area (Å²) in [6, 6.07) is 4.34. The highest BCUT2D eigenvalue weighted by Gasteiger charge is 2.17. The molecule has 0 radical (unpaired) electrons. The molecule has 1 rings (SSSR count). The van der Waals surface area contributed by atoms with Crippen LogP contribution in [0.5, 0.6) is 5.75 Å². The Bertz CT molecular complexity index is 435. The summed E-state index contributed by atoms with van der Waals surface area (Å²) in [6.45, 7) is 4.81. The van der Waals surface area contributed by atoms with Crippen molar-refractivity contribution in [3.63, 3.8) is 0 Å². The molecule has 0 saturated heterocycles. The normalized spacial score (nSPS) is 12.5. The Kier molecular flexibility index (Phi) is 6.66. The van der Waals surface area contributed by atoms with Gasteiger partial charge in [0.15, 0.2) is 0 Å². The van der Waals surface area contributed by atoms with E-state index in [0.29, 0.717) is 23.0 Å². The van der Waals surface area contributed by atoms with Gasteiger partial charge >= 0.3 is 0 Å². The first-order chi connectivity index (χ1) is 8.99. The Morgan fingerprint density at radius 2 is 2.05 bits per heavy atom. The molecule has 19 heavy (non-hydrogen) atoms. The van der Waals surface area contributed by atoms with E-state index in [0.717, 1.165) is 12.8 Å². The molecule has 0 saturated carbocycles. The van der Waals surface area contributed by atoms with Crippen molar-refractivity contribution in [3.05, 3.63) is 28.8 Å². The van der Waals surface area contributed by atoms with Crippen LogP contribution in [0.1, 0.15) is 37.0 Å². The van der Waals surface area contributed by atoms with Crippen LogP contribution < -0.4 is 5.32 Å². The number of hydrogen-bond donors (Lipinski definition) is 2. The minimum Gasteiger partial charge on any atom is -0.508 e. The van der Waals surface area contributed by atoms with E-state index in [-0.39, 0.29) is 16.5 Å². The number of hydrogen-bond acceptors (Lipinski definition) is 2. The van der Waals surface area contributed by atoms with E-state index < -0.39 is 0 Å². The Labute approximate surface area is 127 Å². The van der Waals surface area contributed by atoms with Crippen LogP contribution in [-0.4, -0.2) is 22.4 Å². The molecule has 0 heterocycles. The molecule has 0 aliphatic heterocycles. The van der Waals surface area contributed by atoms with Crippen LogP contribution in [0.15, 0.2) is 18.2 Å². The van der Waals surface area contributed by atoms with Crippen molar-refractivity contribution in [3.8, 4) is 5.75 Å². The molecule has 1 amide bonds. The second-order valence-corrected chi connectivity index (χ2v) is 6.05. The SMILES string of the molecule is CCC(CC)C(Br)CNC(=O)c1cc(O)ccc1Cl. The van der Waals surface area contributed by atoms with Gasteiger partial charge in [-0.15, -0.1) is 0 Å². The number of rotatable bonds is 6. The second-order valence-electron chi connectivity index (χ2n) is 4.47. The smallest absolute Gasteiger partial charge is 0.252 e. The standard InChI is InChI=1S/C14H19BrClNO2/c1-3-9(4-2)12(15)8-17-14(19)11-7-10(18)5-6-13(11)16/h5-7,9,12,18H,3-4,8H2,1-2H3,(H,17,19). The summed E-state index contributed by atoms with van der Waals surface area (Å²) >= 11 is 9.54. The molecule has 106 valence electrons. The van der Waals surface area contributed by atoms with Gasteiger partial charge < -0.3 is 10.4 Å². The lowest BCUT2D eigenvalue weighted by Crippen LogP contribution is -2.33. The average Bonchev–Trinajstić information content (AvgIpc) is 2.40. The molecule has 3 nitrogen and oxygen atoms in total. The third-order valence-electron chi connectivity index (χ3n) is 3.21. The highest BCUT2D eigenvalue weighted by Crippen LogP contribution is 2.22. The van der Waals surface area contributed by atoms with Crippen molar-refractivity contribution < 1.29 is 9.90 Å². The molecule has 0 spiro atoms. The zero-order chi connectivity index (χ0) is 14.4. The summed E-state index contributed by atoms with van der Waals surface area (Å²) in [5.74, 6) is 0.293. The van der Waals surface area contributed by atoms with Crippen LogP contribution in [-0.2, 0) is 0 Å². The summed E-state index contributed by atoms with van der Waals surface area (Å²) in [4.78, 5) is 12.2. The van der Waals surface area contributed by atoms with Gasteiger partial charge in [0.1, 0.15) is 5.75 Å². The van der Waals surface area contributed by atoms with Crippen LogP contribution in [0.25, 0.3) is 0 Å². The maximum atomic E-state index is 12.0. The molecule has 0 fully saturated rings. The number of halogens is 2. The molecule has 5 heteroatoms. The fourth-order valence-corrected chi connectivity index (χ4v) is 3.05. The molecule has 1 aromatic rings. The van der Waals surface area contributed by atoms with Crippen molar-refractivity contribution in [1.29, 1.82) is 0 Å². The number of benzene rings is 1. The second kappa shape index (κ2) is 7.75. The van der Waals surface area contributed by atoms with E-state index in [9.17, 15) is 9.90 Å². The molecule has 0 bridgehead atoms. The van der Waals surface area contributed by atoms with Gasteiger partial charge in [-0.1, -0.05) is 54.2 Å². The Morgan fingerprint density at radius 3 is 2.63 bits per heavy atom. The largest absolute Gasteiger partial charge is 0.508 e. The molecular formula is C14H19BrClNO2. The first-order valence-electron chi connectivity index (χ1n) is 6.40. The maximum absolute atomic E-state index is 12.0. The number of carbonyl (C=O) groups is 1. The van der Waals surface area contributed by atoms with Crippen LogP contribution in [0.3, 0.4) is 0 Å². The van der Waals surface area contributed by atoms with Gasteiger partial charge in [-0.2, -0.15) is 0 Å². The summed E-state index contributed by atoms with van der Waals surface area (Å²) in [6.07, 6.45) is 2.13. The highest BCUT2D eigenvalue weighted by molar-refractivity contribution is 9.09. The lowest BCUT2D eigenvalue weighted by molar-refractivity contribution is 0.0952. The van der Waals surface area contributed by atoms with Gasteiger partial charge in [0.25, 0.3) is 5.91 Å². The van der Waals surface area contributed by atoms with Crippen LogP contribution in [0.2, 0.25) is 5.02 Å². The van der Waals surface area contributed by atoms with E-state index in [1.54, 1.807) is 0 Å². The summed E-state index contributed by atoms with van der Waals surface area (Å²) in [7, 11) is 0. The number of aromatic hydroxyl groups is 1. The molecular weight excluding hydrogens is 330 g/mol. The van der Waals surface area contributed by atoms with Crippen molar-refractivity contribution >= 4 is 33.4 Å². The summed E-state index contributed by atoms with van der Waals surface area (Å²) in [5.41, 5.74) is 0.297. The Morgan fingerprint density at radius 1 is 1.42 bits per heavy atom. The number of alkyl halides is 1. The zero-order valence-electron chi connectivity index (χ0n) is 11.1. The van der Waals surface area contributed by atoms with Gasteiger partial charge in [-0.25, -0.2) is 0 Å². The first kappa shape index (κ1) is 16.3. The Hall–Kier alpha value is -0.740. The van der Waals surface area contributed by atoms with Gasteiger partial charge in [-0.3, -0.25) is 4.79 Å². The third-order valence-corrected chi connectivity index (χ3v) is 4.61. The van der Waals surface area contributed by atoms with E-state index in [1.165, 1.54) is 18.2 Å². The fraction of sp³-hybridized carbons (Fsp3) is 0.500. The van der Waals surface area contributed by atoms with Crippen LogP contribution in [0.4, 0.5) is 0 Å². The molecule has 0 aromatic heterocycles. The minimum atomic E-state index is -0.267. The van der Waals surface area contributed by atoms with Crippen molar-refractivity contribution in [2.45, 2.75) is 31.5 Å². The third kappa shape index (κ3) is 4.69. The average molecular weight is 349 g/mol. The van der Waals surface area contributed by atoms with Crippen LogP contribution in [0, 0.1) is 5.92 Å². The maximum Gasteiger partial charge on any atom is 0.252 e. The number of nitrogens with one attached hydrogen (secondary N) is 1. The first-order valence-corrected chi connectivity index (χ1v) is 7.69. The van der Waals surface area contributed by atoms with Crippen molar-refractivity contribution in [2.75, 3.05) is 6.54 Å².